The van der Waals surface area contributed by atoms with Crippen LogP contribution >= 0.6 is 12.4 Å². The van der Waals surface area contributed by atoms with Gasteiger partial charge in [0.25, 0.3) is 0 Å². The van der Waals surface area contributed by atoms with Crippen LogP contribution in [0.4, 0.5) is 11.4 Å². The first-order chi connectivity index (χ1) is 17.8. The molecule has 0 radical (unpaired) electrons. The van der Waals surface area contributed by atoms with Crippen molar-refractivity contribution in [1.29, 1.82) is 0 Å². The number of aliphatic hydroxyl groups excluding tert-OH is 1. The molecule has 3 aromatic rings. The number of methoxy groups -OCH3 is 1. The molecule has 0 fully saturated rings. The van der Waals surface area contributed by atoms with Gasteiger partial charge in [-0.1, -0.05) is 44.2 Å². The van der Waals surface area contributed by atoms with E-state index in [4.69, 9.17) is 4.74 Å². The van der Waals surface area contributed by atoms with Crippen LogP contribution in [0.3, 0.4) is 0 Å². The van der Waals surface area contributed by atoms with E-state index in [2.05, 4.69) is 73.3 Å². The van der Waals surface area contributed by atoms with Crippen LogP contribution in [0, 0.1) is 0 Å². The van der Waals surface area contributed by atoms with Gasteiger partial charge in [-0.25, -0.2) is 0 Å². The fraction of sp³-hybridized carbons (Fsp3) is 0.406. The second-order valence-electron chi connectivity index (χ2n) is 10.6. The second-order valence-corrected chi connectivity index (χ2v) is 10.6. The van der Waals surface area contributed by atoms with Crippen LogP contribution in [0.5, 0.6) is 5.75 Å². The number of benzene rings is 3. The summed E-state index contributed by atoms with van der Waals surface area (Å²) in [6, 6.07) is 22.8. The van der Waals surface area contributed by atoms with E-state index in [0.717, 1.165) is 41.1 Å². The normalized spacial score (nSPS) is 16.4. The van der Waals surface area contributed by atoms with Gasteiger partial charge in [-0.2, -0.15) is 0 Å². The molecule has 0 heterocycles. The molecular formula is C32H41ClN2O3. The molecule has 0 aromatic heterocycles. The molecule has 1 aliphatic rings. The number of aryl methyl sites for hydroxylation is 1. The van der Waals surface area contributed by atoms with Gasteiger partial charge in [0, 0.05) is 32.1 Å². The molecule has 1 N–H and O–H groups in total. The van der Waals surface area contributed by atoms with Crippen LogP contribution in [0.2, 0.25) is 0 Å². The molecular weight excluding hydrogens is 496 g/mol. The number of carbonyl (C=O) groups excluding carboxylic acids is 1. The van der Waals surface area contributed by atoms with E-state index in [1.54, 1.807) is 7.11 Å². The molecule has 1 aliphatic carbocycles. The van der Waals surface area contributed by atoms with E-state index >= 15 is 0 Å². The minimum Gasteiger partial charge on any atom is -0.497 e. The van der Waals surface area contributed by atoms with Gasteiger partial charge in [-0.15, -0.1) is 12.4 Å². The Balaban J connectivity index is 0.00000400. The molecule has 0 spiro atoms. The van der Waals surface area contributed by atoms with Crippen molar-refractivity contribution in [1.82, 2.24) is 0 Å². The molecule has 1 amide bonds. The van der Waals surface area contributed by atoms with Gasteiger partial charge >= 0.3 is 0 Å². The number of halogens is 1. The number of carbonyl (C=O) groups is 1. The van der Waals surface area contributed by atoms with Crippen LogP contribution < -0.4 is 14.5 Å². The van der Waals surface area contributed by atoms with Crippen LogP contribution in [0.25, 0.3) is 0 Å². The lowest BCUT2D eigenvalue weighted by atomic mass is 9.67. The van der Waals surface area contributed by atoms with Crippen molar-refractivity contribution >= 4 is 29.7 Å². The average molecular weight is 537 g/mol. The summed E-state index contributed by atoms with van der Waals surface area (Å²) < 4.78 is 5.55. The first kappa shape index (κ1) is 29.5. The zero-order chi connectivity index (χ0) is 26.6. The molecule has 0 bridgehead atoms. The van der Waals surface area contributed by atoms with Gasteiger partial charge in [0.05, 0.1) is 19.1 Å². The molecule has 4 rings (SSSR count). The van der Waals surface area contributed by atoms with Crippen LogP contribution in [0.1, 0.15) is 61.3 Å². The Kier molecular flexibility index (Phi) is 9.86. The standard InChI is InChI=1S/C32H40N2O3.ClH/c1-23(2)25-10-15-28(16-11-25)34(22-24-8-13-27(14-9-24)33(3)4)31(36)32(19-20-35)18-6-7-26-12-17-29(37-5)21-30(26)32;/h8-17,21,23,35H,6-7,18-20,22H2,1-5H3;1H/t32-;/m0./s1. The SMILES string of the molecule is COc1ccc2c(c1)[C@](CCO)(C(=O)N(Cc1ccc(N(C)C)cc1)c1ccc(C(C)C)cc1)CCC2.Cl. The summed E-state index contributed by atoms with van der Waals surface area (Å²) in [5.41, 5.74) is 5.64. The number of fused-ring (bicyclic) bond motifs is 1. The summed E-state index contributed by atoms with van der Waals surface area (Å²) in [6.07, 6.45) is 2.91. The summed E-state index contributed by atoms with van der Waals surface area (Å²) in [6.45, 7) is 4.75. The Hall–Kier alpha value is -3.02. The number of anilines is 2. The molecule has 5 nitrogen and oxygen atoms in total. The molecule has 0 saturated heterocycles. The fourth-order valence-electron chi connectivity index (χ4n) is 5.50. The number of rotatable bonds is 9. The zero-order valence-corrected chi connectivity index (χ0v) is 24.1. The van der Waals surface area contributed by atoms with Gasteiger partial charge in [0.15, 0.2) is 0 Å². The zero-order valence-electron chi connectivity index (χ0n) is 23.2. The number of amides is 1. The summed E-state index contributed by atoms with van der Waals surface area (Å²) in [4.78, 5) is 18.7. The van der Waals surface area contributed by atoms with Crippen molar-refractivity contribution in [3.63, 3.8) is 0 Å². The Labute approximate surface area is 233 Å². The fourth-order valence-corrected chi connectivity index (χ4v) is 5.50. The maximum atomic E-state index is 14.7. The smallest absolute Gasteiger partial charge is 0.238 e. The second kappa shape index (κ2) is 12.7. The third kappa shape index (κ3) is 6.00. The molecule has 0 saturated carbocycles. The van der Waals surface area contributed by atoms with Gasteiger partial charge in [-0.3, -0.25) is 4.79 Å². The molecule has 3 aromatic carbocycles. The average Bonchev–Trinajstić information content (AvgIpc) is 2.91. The van der Waals surface area contributed by atoms with Crippen molar-refractivity contribution in [2.24, 2.45) is 0 Å². The van der Waals surface area contributed by atoms with E-state index in [-0.39, 0.29) is 24.9 Å². The highest BCUT2D eigenvalue weighted by Crippen LogP contribution is 2.44. The van der Waals surface area contributed by atoms with E-state index in [0.29, 0.717) is 25.3 Å². The predicted octanol–water partition coefficient (Wildman–Crippen LogP) is 6.50. The highest BCUT2D eigenvalue weighted by Gasteiger charge is 2.45. The lowest BCUT2D eigenvalue weighted by molar-refractivity contribution is -0.125. The van der Waals surface area contributed by atoms with Crippen molar-refractivity contribution in [3.05, 3.63) is 89.0 Å². The summed E-state index contributed by atoms with van der Waals surface area (Å²) in [5.74, 6) is 1.18. The minimum absolute atomic E-state index is 0. The topological polar surface area (TPSA) is 53.0 Å². The first-order valence-corrected chi connectivity index (χ1v) is 13.3. The van der Waals surface area contributed by atoms with Crippen LogP contribution in [-0.2, 0) is 23.2 Å². The maximum absolute atomic E-state index is 14.7. The maximum Gasteiger partial charge on any atom is 0.238 e. The number of aliphatic hydroxyl groups is 1. The van der Waals surface area contributed by atoms with Crippen molar-refractivity contribution in [2.45, 2.75) is 57.4 Å². The van der Waals surface area contributed by atoms with Gasteiger partial charge in [0.1, 0.15) is 5.75 Å². The molecule has 0 unspecified atom stereocenters. The first-order valence-electron chi connectivity index (χ1n) is 13.3. The number of nitrogens with zero attached hydrogens (tertiary/aromatic N) is 2. The summed E-state index contributed by atoms with van der Waals surface area (Å²) in [5, 5.41) is 10.2. The van der Waals surface area contributed by atoms with Crippen molar-refractivity contribution < 1.29 is 14.6 Å². The quantitative estimate of drug-likeness (QED) is 0.339. The largest absolute Gasteiger partial charge is 0.497 e. The molecule has 204 valence electrons. The van der Waals surface area contributed by atoms with Gasteiger partial charge < -0.3 is 19.6 Å². The molecule has 0 aliphatic heterocycles. The monoisotopic (exact) mass is 536 g/mol. The Morgan fingerprint density at radius 1 is 1.00 bits per heavy atom. The van der Waals surface area contributed by atoms with E-state index in [1.807, 2.05) is 31.1 Å². The van der Waals surface area contributed by atoms with Gasteiger partial charge in [0.2, 0.25) is 5.91 Å². The predicted molar refractivity (Wildman–Crippen MR) is 159 cm³/mol. The van der Waals surface area contributed by atoms with Gasteiger partial charge in [-0.05, 0) is 90.3 Å². The third-order valence-corrected chi connectivity index (χ3v) is 7.74. The highest BCUT2D eigenvalue weighted by atomic mass is 35.5. The minimum atomic E-state index is -0.808. The van der Waals surface area contributed by atoms with Crippen molar-refractivity contribution in [2.75, 3.05) is 37.6 Å². The van der Waals surface area contributed by atoms with Crippen LogP contribution in [-0.4, -0.2) is 38.8 Å². The molecule has 1 atom stereocenters. The third-order valence-electron chi connectivity index (χ3n) is 7.74. The van der Waals surface area contributed by atoms with E-state index in [9.17, 15) is 9.90 Å². The Bertz CT molecular complexity index is 1210. The number of hydrogen-bond acceptors (Lipinski definition) is 4. The number of ether oxygens (including phenoxy) is 1. The van der Waals surface area contributed by atoms with Crippen molar-refractivity contribution in [3.8, 4) is 5.75 Å². The number of hydrogen-bond donors (Lipinski definition) is 1. The molecule has 6 heteroatoms. The summed E-state index contributed by atoms with van der Waals surface area (Å²) in [7, 11) is 5.70. The van der Waals surface area contributed by atoms with Crippen LogP contribution in [0.15, 0.2) is 66.7 Å². The lowest BCUT2D eigenvalue weighted by Crippen LogP contribution is -2.49. The molecule has 38 heavy (non-hydrogen) atoms. The Morgan fingerprint density at radius 2 is 1.66 bits per heavy atom. The Morgan fingerprint density at radius 3 is 2.24 bits per heavy atom. The van der Waals surface area contributed by atoms with E-state index in [1.165, 1.54) is 11.1 Å². The highest BCUT2D eigenvalue weighted by molar-refractivity contribution is 6.01. The summed E-state index contributed by atoms with van der Waals surface area (Å²) >= 11 is 0. The lowest BCUT2D eigenvalue weighted by Gasteiger charge is -2.41. The van der Waals surface area contributed by atoms with E-state index < -0.39 is 5.41 Å².